The molecule has 0 aromatic rings. The van der Waals surface area contributed by atoms with Crippen LogP contribution in [-0.4, -0.2) is 24.7 Å². The fraction of sp³-hybridized carbons (Fsp3) is 0.300. The molecule has 0 aromatic heterocycles. The van der Waals surface area contributed by atoms with Gasteiger partial charge in [-0.25, -0.2) is 0 Å². The second-order valence-electron chi connectivity index (χ2n) is 2.52. The van der Waals surface area contributed by atoms with Gasteiger partial charge in [0.2, 0.25) is 0 Å². The monoisotopic (exact) mass is 164 g/mol. The highest BCUT2D eigenvalue weighted by Crippen LogP contribution is 1.87. The highest BCUT2D eigenvalue weighted by Gasteiger charge is 1.83. The molecule has 0 saturated carbocycles. The van der Waals surface area contributed by atoms with Crippen molar-refractivity contribution in [2.24, 2.45) is 4.99 Å². The first-order valence-corrected chi connectivity index (χ1v) is 3.86. The number of hydrogen-bond donors (Lipinski definition) is 0. The molecule has 2 nitrogen and oxygen atoms in total. The van der Waals surface area contributed by atoms with Crippen LogP contribution >= 0.6 is 0 Å². The van der Waals surface area contributed by atoms with Gasteiger partial charge in [0.15, 0.2) is 0 Å². The summed E-state index contributed by atoms with van der Waals surface area (Å²) in [6.07, 6.45) is 9.20. The Morgan fingerprint density at radius 1 is 1.42 bits per heavy atom. The van der Waals surface area contributed by atoms with Crippen molar-refractivity contribution < 1.29 is 0 Å². The fourth-order valence-electron chi connectivity index (χ4n) is 0.550. The van der Waals surface area contributed by atoms with Crippen LogP contribution in [0.25, 0.3) is 0 Å². The number of nitrogens with zero attached hydrogens (tertiary/aromatic N) is 2. The molecule has 0 atom stereocenters. The van der Waals surface area contributed by atoms with Crippen LogP contribution in [0, 0.1) is 0 Å². The second-order valence-corrected chi connectivity index (χ2v) is 2.52. The zero-order valence-corrected chi connectivity index (χ0v) is 7.99. The lowest BCUT2D eigenvalue weighted by atomic mass is 10.3. The molecule has 0 aliphatic heterocycles. The molecular formula is C10H16N2. The van der Waals surface area contributed by atoms with Crippen LogP contribution in [0.3, 0.4) is 0 Å². The molecule has 0 fully saturated rings. The van der Waals surface area contributed by atoms with E-state index in [-0.39, 0.29) is 0 Å². The summed E-state index contributed by atoms with van der Waals surface area (Å²) < 4.78 is 0. The molecule has 0 N–H and O–H groups in total. The molecule has 0 spiro atoms. The fourth-order valence-corrected chi connectivity index (χ4v) is 0.550. The Morgan fingerprint density at radius 3 is 2.50 bits per heavy atom. The number of aliphatic imine (C=N–C) groups is 1. The van der Waals surface area contributed by atoms with Crippen molar-refractivity contribution in [1.29, 1.82) is 0 Å². The summed E-state index contributed by atoms with van der Waals surface area (Å²) in [5.41, 5.74) is 0.863. The predicted octanol–water partition coefficient (Wildman–Crippen LogP) is 2.22. The maximum atomic E-state index is 4.14. The lowest BCUT2D eigenvalue weighted by molar-refractivity contribution is 0.564. The van der Waals surface area contributed by atoms with Crippen LogP contribution in [0.5, 0.6) is 0 Å². The third-order valence-electron chi connectivity index (χ3n) is 1.13. The quantitative estimate of drug-likeness (QED) is 0.582. The summed E-state index contributed by atoms with van der Waals surface area (Å²) in [5.74, 6) is 0. The summed E-state index contributed by atoms with van der Waals surface area (Å²) >= 11 is 0. The predicted molar refractivity (Wildman–Crippen MR) is 55.3 cm³/mol. The molecule has 12 heavy (non-hydrogen) atoms. The summed E-state index contributed by atoms with van der Waals surface area (Å²) in [7, 11) is 3.93. The molecular weight excluding hydrogens is 148 g/mol. The van der Waals surface area contributed by atoms with Crippen molar-refractivity contribution in [2.75, 3.05) is 14.1 Å². The molecule has 0 radical (unpaired) electrons. The van der Waals surface area contributed by atoms with Crippen LogP contribution in [0.2, 0.25) is 0 Å². The minimum atomic E-state index is 0.863. The van der Waals surface area contributed by atoms with Crippen LogP contribution in [0.1, 0.15) is 6.92 Å². The van der Waals surface area contributed by atoms with Gasteiger partial charge < -0.3 is 4.90 Å². The van der Waals surface area contributed by atoms with E-state index in [0.717, 1.165) is 5.71 Å². The van der Waals surface area contributed by atoms with Crippen LogP contribution in [0.15, 0.2) is 42.2 Å². The zero-order chi connectivity index (χ0) is 9.40. The van der Waals surface area contributed by atoms with E-state index in [1.165, 1.54) is 0 Å². The highest BCUT2D eigenvalue weighted by atomic mass is 15.0. The van der Waals surface area contributed by atoms with Gasteiger partial charge in [-0.1, -0.05) is 12.7 Å². The zero-order valence-electron chi connectivity index (χ0n) is 7.99. The van der Waals surface area contributed by atoms with Crippen molar-refractivity contribution >= 4 is 5.71 Å². The number of allylic oxidation sites excluding steroid dienone is 3. The highest BCUT2D eigenvalue weighted by molar-refractivity contribution is 6.03. The van der Waals surface area contributed by atoms with Gasteiger partial charge in [0.1, 0.15) is 0 Å². The van der Waals surface area contributed by atoms with Crippen molar-refractivity contribution in [3.8, 4) is 0 Å². The van der Waals surface area contributed by atoms with Gasteiger partial charge >= 0.3 is 0 Å². The van der Waals surface area contributed by atoms with Gasteiger partial charge in [-0.05, 0) is 19.1 Å². The first-order chi connectivity index (χ1) is 5.70. The molecule has 0 bridgehead atoms. The molecule has 0 aromatic carbocycles. The van der Waals surface area contributed by atoms with Gasteiger partial charge in [-0.3, -0.25) is 4.99 Å². The second kappa shape index (κ2) is 6.40. The first-order valence-electron chi connectivity index (χ1n) is 3.86. The van der Waals surface area contributed by atoms with E-state index < -0.39 is 0 Å². The van der Waals surface area contributed by atoms with E-state index in [1.54, 1.807) is 12.3 Å². The number of hydrogen-bond acceptors (Lipinski definition) is 2. The Morgan fingerprint density at radius 2 is 2.08 bits per heavy atom. The molecule has 0 aliphatic carbocycles. The summed E-state index contributed by atoms with van der Waals surface area (Å²) in [6.45, 7) is 5.59. The molecule has 0 saturated heterocycles. The molecule has 2 heteroatoms. The van der Waals surface area contributed by atoms with Crippen LogP contribution in [-0.2, 0) is 0 Å². The van der Waals surface area contributed by atoms with E-state index in [0.29, 0.717) is 0 Å². The third kappa shape index (κ3) is 5.47. The standard InChI is InChI=1S/C10H16N2/c1-5-8-11-10(6-2)7-9-12(3)4/h5-9H,2H2,1,3-4H3/b8-5+,9-7-,11-10+. The smallest absolute Gasteiger partial charge is 0.0638 e. The Labute approximate surface area is 74.6 Å². The van der Waals surface area contributed by atoms with E-state index >= 15 is 0 Å². The van der Waals surface area contributed by atoms with Crippen molar-refractivity contribution in [2.45, 2.75) is 6.92 Å². The average molecular weight is 164 g/mol. The SMILES string of the molecule is C=CC(/C=C\N(C)C)=N\C=C\C. The lowest BCUT2D eigenvalue weighted by Crippen LogP contribution is -2.01. The molecule has 66 valence electrons. The Kier molecular flexibility index (Phi) is 5.70. The normalized spacial score (nSPS) is 12.8. The van der Waals surface area contributed by atoms with Gasteiger partial charge in [0.05, 0.1) is 5.71 Å². The van der Waals surface area contributed by atoms with Crippen molar-refractivity contribution in [3.63, 3.8) is 0 Å². The van der Waals surface area contributed by atoms with Crippen molar-refractivity contribution in [1.82, 2.24) is 4.90 Å². The minimum absolute atomic E-state index is 0.863. The first kappa shape index (κ1) is 10.7. The van der Waals surface area contributed by atoms with E-state index in [4.69, 9.17) is 0 Å². The summed E-state index contributed by atoms with van der Waals surface area (Å²) in [6, 6.07) is 0. The van der Waals surface area contributed by atoms with Gasteiger partial charge in [-0.2, -0.15) is 0 Å². The Hall–Kier alpha value is -1.31. The van der Waals surface area contributed by atoms with E-state index in [1.807, 2.05) is 44.3 Å². The van der Waals surface area contributed by atoms with Crippen molar-refractivity contribution in [3.05, 3.63) is 37.2 Å². The van der Waals surface area contributed by atoms with E-state index in [2.05, 4.69) is 11.6 Å². The average Bonchev–Trinajstić information content (AvgIpc) is 2.05. The summed E-state index contributed by atoms with van der Waals surface area (Å²) in [5, 5.41) is 0. The molecule has 0 heterocycles. The molecule has 0 rings (SSSR count). The molecule has 0 amide bonds. The van der Waals surface area contributed by atoms with Crippen LogP contribution < -0.4 is 0 Å². The van der Waals surface area contributed by atoms with Gasteiger partial charge in [0, 0.05) is 26.5 Å². The Bertz CT molecular complexity index is 210. The number of rotatable bonds is 4. The molecule has 0 aliphatic rings. The molecule has 0 unspecified atom stereocenters. The largest absolute Gasteiger partial charge is 0.383 e. The van der Waals surface area contributed by atoms with Gasteiger partial charge in [0.25, 0.3) is 0 Å². The maximum Gasteiger partial charge on any atom is 0.0638 e. The van der Waals surface area contributed by atoms with Gasteiger partial charge in [-0.15, -0.1) is 0 Å². The maximum absolute atomic E-state index is 4.14. The topological polar surface area (TPSA) is 15.6 Å². The minimum Gasteiger partial charge on any atom is -0.383 e. The van der Waals surface area contributed by atoms with E-state index in [9.17, 15) is 0 Å². The van der Waals surface area contributed by atoms with Crippen LogP contribution in [0.4, 0.5) is 0 Å². The third-order valence-corrected chi connectivity index (χ3v) is 1.13. The Balaban J connectivity index is 4.26. The lowest BCUT2D eigenvalue weighted by Gasteiger charge is -2.02. The summed E-state index contributed by atoms with van der Waals surface area (Å²) in [4.78, 5) is 6.09.